The third-order valence-corrected chi connectivity index (χ3v) is 2.92. The molecule has 1 saturated heterocycles. The van der Waals surface area contributed by atoms with E-state index in [2.05, 4.69) is 11.9 Å². The van der Waals surface area contributed by atoms with Crippen molar-refractivity contribution in [2.24, 2.45) is 11.7 Å². The Labute approximate surface area is 97.9 Å². The highest BCUT2D eigenvalue weighted by Crippen LogP contribution is 2.18. The molecule has 1 aliphatic rings. The second-order valence-electron chi connectivity index (χ2n) is 4.29. The van der Waals surface area contributed by atoms with E-state index in [1.807, 2.05) is 11.0 Å². The third-order valence-electron chi connectivity index (χ3n) is 2.92. The van der Waals surface area contributed by atoms with Gasteiger partial charge in [0.2, 0.25) is 5.91 Å². The van der Waals surface area contributed by atoms with Gasteiger partial charge in [-0.1, -0.05) is 6.08 Å². The van der Waals surface area contributed by atoms with E-state index in [0.29, 0.717) is 12.3 Å². The summed E-state index contributed by atoms with van der Waals surface area (Å²) in [7, 11) is 0. The van der Waals surface area contributed by atoms with Crippen molar-refractivity contribution in [2.75, 3.05) is 32.7 Å². The minimum Gasteiger partial charge on any atom is -0.342 e. The molecule has 0 aliphatic carbocycles. The number of nitrogens with one attached hydrogen (secondary N) is 1. The van der Waals surface area contributed by atoms with Crippen LogP contribution in [0.2, 0.25) is 0 Å². The summed E-state index contributed by atoms with van der Waals surface area (Å²) in [5.41, 5.74) is 5.39. The molecule has 92 valence electrons. The molecule has 3 N–H and O–H groups in total. The molecule has 1 rings (SSSR count). The number of likely N-dealkylation sites (tertiary alicyclic amines) is 1. The van der Waals surface area contributed by atoms with E-state index in [-0.39, 0.29) is 5.91 Å². The Hall–Kier alpha value is -0.870. The first-order valence-corrected chi connectivity index (χ1v) is 6.09. The second kappa shape index (κ2) is 7.41. The van der Waals surface area contributed by atoms with E-state index in [1.54, 1.807) is 0 Å². The van der Waals surface area contributed by atoms with Gasteiger partial charge in [0.25, 0.3) is 0 Å². The molecular formula is C12H23N3O. The van der Waals surface area contributed by atoms with Gasteiger partial charge < -0.3 is 16.0 Å². The SMILES string of the molecule is C=CC1CC(=O)N(CCCNCCCN)C1. The lowest BCUT2D eigenvalue weighted by molar-refractivity contribution is -0.127. The topological polar surface area (TPSA) is 58.4 Å². The molecule has 0 aromatic heterocycles. The molecule has 4 nitrogen and oxygen atoms in total. The van der Waals surface area contributed by atoms with Gasteiger partial charge in [-0.05, 0) is 32.5 Å². The lowest BCUT2D eigenvalue weighted by atomic mass is 10.1. The lowest BCUT2D eigenvalue weighted by Crippen LogP contribution is -2.29. The normalized spacial score (nSPS) is 20.4. The molecule has 4 heteroatoms. The number of rotatable bonds is 8. The van der Waals surface area contributed by atoms with Crippen LogP contribution in [0, 0.1) is 5.92 Å². The Morgan fingerprint density at radius 3 is 2.88 bits per heavy atom. The van der Waals surface area contributed by atoms with Gasteiger partial charge in [-0.3, -0.25) is 4.79 Å². The van der Waals surface area contributed by atoms with E-state index < -0.39 is 0 Å². The Morgan fingerprint density at radius 1 is 1.50 bits per heavy atom. The van der Waals surface area contributed by atoms with Gasteiger partial charge in [-0.15, -0.1) is 6.58 Å². The summed E-state index contributed by atoms with van der Waals surface area (Å²) in [6.07, 6.45) is 4.56. The van der Waals surface area contributed by atoms with Crippen LogP contribution in [-0.4, -0.2) is 43.5 Å². The summed E-state index contributed by atoms with van der Waals surface area (Å²) in [5.74, 6) is 0.629. The van der Waals surface area contributed by atoms with Gasteiger partial charge in [0, 0.05) is 25.4 Å². The predicted octanol–water partition coefficient (Wildman–Crippen LogP) is 0.349. The van der Waals surface area contributed by atoms with E-state index in [4.69, 9.17) is 5.73 Å². The van der Waals surface area contributed by atoms with Crippen molar-refractivity contribution in [3.63, 3.8) is 0 Å². The zero-order chi connectivity index (χ0) is 11.8. The molecule has 0 bridgehead atoms. The van der Waals surface area contributed by atoms with Crippen molar-refractivity contribution in [1.29, 1.82) is 0 Å². The average molecular weight is 225 g/mol. The molecule has 1 fully saturated rings. The van der Waals surface area contributed by atoms with E-state index in [9.17, 15) is 4.79 Å². The van der Waals surface area contributed by atoms with Gasteiger partial charge in [0.05, 0.1) is 0 Å². The molecule has 1 aliphatic heterocycles. The lowest BCUT2D eigenvalue weighted by Gasteiger charge is -2.15. The van der Waals surface area contributed by atoms with Crippen LogP contribution >= 0.6 is 0 Å². The zero-order valence-electron chi connectivity index (χ0n) is 9.95. The highest BCUT2D eigenvalue weighted by molar-refractivity contribution is 5.78. The first-order valence-electron chi connectivity index (χ1n) is 6.09. The predicted molar refractivity (Wildman–Crippen MR) is 66.0 cm³/mol. The summed E-state index contributed by atoms with van der Waals surface area (Å²) in [5, 5.41) is 3.31. The first kappa shape index (κ1) is 13.2. The molecule has 0 spiro atoms. The van der Waals surface area contributed by atoms with Crippen LogP contribution in [0.25, 0.3) is 0 Å². The van der Waals surface area contributed by atoms with Crippen molar-refractivity contribution < 1.29 is 4.79 Å². The molecule has 1 atom stereocenters. The van der Waals surface area contributed by atoms with Gasteiger partial charge >= 0.3 is 0 Å². The van der Waals surface area contributed by atoms with Crippen molar-refractivity contribution >= 4 is 5.91 Å². The second-order valence-corrected chi connectivity index (χ2v) is 4.29. The molecule has 1 amide bonds. The van der Waals surface area contributed by atoms with Gasteiger partial charge in [-0.2, -0.15) is 0 Å². The van der Waals surface area contributed by atoms with E-state index in [1.165, 1.54) is 0 Å². The maximum absolute atomic E-state index is 11.6. The molecule has 16 heavy (non-hydrogen) atoms. The van der Waals surface area contributed by atoms with Gasteiger partial charge in [0.1, 0.15) is 0 Å². The van der Waals surface area contributed by atoms with Crippen LogP contribution in [0.1, 0.15) is 19.3 Å². The maximum Gasteiger partial charge on any atom is 0.223 e. The van der Waals surface area contributed by atoms with Crippen LogP contribution < -0.4 is 11.1 Å². The Bertz CT molecular complexity index is 230. The van der Waals surface area contributed by atoms with Crippen molar-refractivity contribution in [3.05, 3.63) is 12.7 Å². The summed E-state index contributed by atoms with van der Waals surface area (Å²) >= 11 is 0. The monoisotopic (exact) mass is 225 g/mol. The number of nitrogens with zero attached hydrogens (tertiary/aromatic N) is 1. The Kier molecular flexibility index (Phi) is 6.11. The van der Waals surface area contributed by atoms with Crippen LogP contribution in [0.3, 0.4) is 0 Å². The fourth-order valence-electron chi connectivity index (χ4n) is 1.92. The summed E-state index contributed by atoms with van der Waals surface area (Å²) < 4.78 is 0. The van der Waals surface area contributed by atoms with Crippen LogP contribution in [-0.2, 0) is 4.79 Å². The Balaban J connectivity index is 2.05. The van der Waals surface area contributed by atoms with Crippen LogP contribution in [0.15, 0.2) is 12.7 Å². The smallest absolute Gasteiger partial charge is 0.223 e. The highest BCUT2D eigenvalue weighted by Gasteiger charge is 2.26. The van der Waals surface area contributed by atoms with E-state index >= 15 is 0 Å². The molecule has 1 heterocycles. The zero-order valence-corrected chi connectivity index (χ0v) is 9.95. The minimum absolute atomic E-state index is 0.270. The van der Waals surface area contributed by atoms with Gasteiger partial charge in [0.15, 0.2) is 0 Å². The molecule has 0 saturated carbocycles. The number of hydrogen-bond acceptors (Lipinski definition) is 3. The summed E-state index contributed by atoms with van der Waals surface area (Å²) in [6, 6.07) is 0. The van der Waals surface area contributed by atoms with Crippen molar-refractivity contribution in [3.8, 4) is 0 Å². The molecular weight excluding hydrogens is 202 g/mol. The van der Waals surface area contributed by atoms with Crippen molar-refractivity contribution in [2.45, 2.75) is 19.3 Å². The van der Waals surface area contributed by atoms with Crippen molar-refractivity contribution in [1.82, 2.24) is 10.2 Å². The number of carbonyl (C=O) groups excluding carboxylic acids is 1. The number of hydrogen-bond donors (Lipinski definition) is 2. The van der Waals surface area contributed by atoms with E-state index in [0.717, 1.165) is 45.6 Å². The fraction of sp³-hybridized carbons (Fsp3) is 0.750. The van der Waals surface area contributed by atoms with Crippen LogP contribution in [0.5, 0.6) is 0 Å². The number of carbonyl (C=O) groups is 1. The summed E-state index contributed by atoms with van der Waals surface area (Å²) in [4.78, 5) is 13.5. The van der Waals surface area contributed by atoms with Gasteiger partial charge in [-0.25, -0.2) is 0 Å². The number of nitrogens with two attached hydrogens (primary N) is 1. The molecule has 0 radical (unpaired) electrons. The standard InChI is InChI=1S/C12H23N3O/c1-2-11-9-12(16)15(10-11)8-4-7-14-6-3-5-13/h2,11,14H,1,3-10,13H2. The molecule has 0 aromatic carbocycles. The number of amides is 1. The summed E-state index contributed by atoms with van der Waals surface area (Å²) in [6.45, 7) is 8.12. The average Bonchev–Trinajstić information content (AvgIpc) is 2.65. The minimum atomic E-state index is 0.270. The third kappa shape index (κ3) is 4.33. The van der Waals surface area contributed by atoms with Crippen LogP contribution in [0.4, 0.5) is 0 Å². The highest BCUT2D eigenvalue weighted by atomic mass is 16.2. The molecule has 1 unspecified atom stereocenters. The molecule has 0 aromatic rings. The quantitative estimate of drug-likeness (QED) is 0.463. The first-order chi connectivity index (χ1) is 7.77. The maximum atomic E-state index is 11.6. The Morgan fingerprint density at radius 2 is 2.25 bits per heavy atom. The largest absolute Gasteiger partial charge is 0.342 e. The fourth-order valence-corrected chi connectivity index (χ4v) is 1.92.